The summed E-state index contributed by atoms with van der Waals surface area (Å²) in [6.07, 6.45) is 5.14. The van der Waals surface area contributed by atoms with Gasteiger partial charge in [-0.1, -0.05) is 6.07 Å². The summed E-state index contributed by atoms with van der Waals surface area (Å²) in [5.41, 5.74) is 1.97. The van der Waals surface area contributed by atoms with Crippen LogP contribution in [0.15, 0.2) is 36.0 Å². The Kier molecular flexibility index (Phi) is 5.22. The van der Waals surface area contributed by atoms with Gasteiger partial charge in [0.05, 0.1) is 21.5 Å². The fourth-order valence-electron chi connectivity index (χ4n) is 3.39. The van der Waals surface area contributed by atoms with E-state index in [1.165, 1.54) is 17.6 Å². The van der Waals surface area contributed by atoms with E-state index in [0.29, 0.717) is 34.8 Å². The summed E-state index contributed by atoms with van der Waals surface area (Å²) in [5, 5.41) is 4.59. The predicted octanol–water partition coefficient (Wildman–Crippen LogP) is 2.52. The van der Waals surface area contributed by atoms with Crippen LogP contribution < -0.4 is 5.32 Å². The summed E-state index contributed by atoms with van der Waals surface area (Å²) in [6.45, 7) is 2.57. The average Bonchev–Trinajstić information content (AvgIpc) is 3.37. The van der Waals surface area contributed by atoms with Gasteiger partial charge in [0.2, 0.25) is 5.95 Å². The summed E-state index contributed by atoms with van der Waals surface area (Å²) in [7, 11) is -3.18. The smallest absolute Gasteiger partial charge is 0.274 e. The molecule has 1 saturated heterocycles. The number of nitrogens with one attached hydrogen (secondary N) is 1. The van der Waals surface area contributed by atoms with Crippen LogP contribution in [0, 0.1) is 0 Å². The molecule has 3 aromatic heterocycles. The summed E-state index contributed by atoms with van der Waals surface area (Å²) in [5.74, 6) is 0.0949. The molecule has 0 spiro atoms. The van der Waals surface area contributed by atoms with Gasteiger partial charge in [-0.05, 0) is 36.4 Å². The van der Waals surface area contributed by atoms with Crippen molar-refractivity contribution in [1.29, 1.82) is 0 Å². The monoisotopic (exact) mass is 431 g/mol. The standard InChI is InChI=1S/C19H21N5O3S2/c1-12(13-4-3-7-20-10-13)21-19-22-15-6-9-28-17(15)16(23-19)18(25)24-8-5-14(11-24)29(2,26)27/h3-4,6-7,9-10,12,14H,5,8,11H2,1-2H3,(H,21,22,23). The minimum absolute atomic E-state index is 0.0934. The van der Waals surface area contributed by atoms with Crippen molar-refractivity contribution in [2.24, 2.45) is 0 Å². The van der Waals surface area contributed by atoms with E-state index in [2.05, 4.69) is 20.3 Å². The lowest BCUT2D eigenvalue weighted by atomic mass is 10.1. The molecule has 4 heterocycles. The molecule has 1 aliphatic heterocycles. The molecule has 1 fully saturated rings. The van der Waals surface area contributed by atoms with Crippen molar-refractivity contribution < 1.29 is 13.2 Å². The number of amides is 1. The Balaban J connectivity index is 1.62. The van der Waals surface area contributed by atoms with Gasteiger partial charge in [0.15, 0.2) is 15.5 Å². The molecule has 3 aromatic rings. The molecule has 0 saturated carbocycles. The van der Waals surface area contributed by atoms with Gasteiger partial charge >= 0.3 is 0 Å². The van der Waals surface area contributed by atoms with Gasteiger partial charge in [0, 0.05) is 31.7 Å². The quantitative estimate of drug-likeness (QED) is 0.662. The molecule has 0 aromatic carbocycles. The number of fused-ring (bicyclic) bond motifs is 1. The Bertz CT molecular complexity index is 1150. The number of hydrogen-bond acceptors (Lipinski definition) is 8. The normalized spacial score (nSPS) is 18.1. The van der Waals surface area contributed by atoms with Crippen LogP contribution in [0.4, 0.5) is 5.95 Å². The highest BCUT2D eigenvalue weighted by molar-refractivity contribution is 7.91. The van der Waals surface area contributed by atoms with Crippen LogP contribution in [0.3, 0.4) is 0 Å². The van der Waals surface area contributed by atoms with E-state index in [1.54, 1.807) is 17.3 Å². The Labute approximate surface area is 172 Å². The van der Waals surface area contributed by atoms with Crippen LogP contribution in [0.5, 0.6) is 0 Å². The number of sulfone groups is 1. The Hall–Kier alpha value is -2.59. The van der Waals surface area contributed by atoms with E-state index < -0.39 is 15.1 Å². The second-order valence-electron chi connectivity index (χ2n) is 7.17. The number of carbonyl (C=O) groups is 1. The Morgan fingerprint density at radius 2 is 2.17 bits per heavy atom. The van der Waals surface area contributed by atoms with Crippen LogP contribution in [0.1, 0.15) is 35.4 Å². The number of thiophene rings is 1. The predicted molar refractivity (Wildman–Crippen MR) is 113 cm³/mol. The molecule has 4 rings (SSSR count). The number of carbonyl (C=O) groups excluding carboxylic acids is 1. The fraction of sp³-hybridized carbons (Fsp3) is 0.368. The molecule has 0 radical (unpaired) electrons. The minimum Gasteiger partial charge on any atom is -0.348 e. The van der Waals surface area contributed by atoms with E-state index in [4.69, 9.17) is 0 Å². The van der Waals surface area contributed by atoms with E-state index in [9.17, 15) is 13.2 Å². The maximum Gasteiger partial charge on any atom is 0.274 e. The van der Waals surface area contributed by atoms with E-state index in [-0.39, 0.29) is 18.5 Å². The van der Waals surface area contributed by atoms with Gasteiger partial charge in [0.25, 0.3) is 5.91 Å². The van der Waals surface area contributed by atoms with Crippen LogP contribution in [0.25, 0.3) is 10.2 Å². The van der Waals surface area contributed by atoms with Gasteiger partial charge in [-0.25, -0.2) is 18.4 Å². The first kappa shape index (κ1) is 19.7. The molecular weight excluding hydrogens is 410 g/mol. The highest BCUT2D eigenvalue weighted by Gasteiger charge is 2.34. The third kappa shape index (κ3) is 4.08. The van der Waals surface area contributed by atoms with Crippen molar-refractivity contribution in [2.75, 3.05) is 24.7 Å². The summed E-state index contributed by atoms with van der Waals surface area (Å²) >= 11 is 1.40. The first-order chi connectivity index (χ1) is 13.8. The lowest BCUT2D eigenvalue weighted by molar-refractivity contribution is 0.0789. The Morgan fingerprint density at radius 3 is 2.86 bits per heavy atom. The van der Waals surface area contributed by atoms with Crippen molar-refractivity contribution in [3.63, 3.8) is 0 Å². The van der Waals surface area contributed by atoms with Gasteiger partial charge in [-0.3, -0.25) is 9.78 Å². The third-order valence-corrected chi connectivity index (χ3v) is 7.58. The number of rotatable bonds is 5. The number of likely N-dealkylation sites (tertiary alicyclic amines) is 1. The van der Waals surface area contributed by atoms with Crippen molar-refractivity contribution in [3.05, 3.63) is 47.2 Å². The second kappa shape index (κ2) is 7.68. The fourth-order valence-corrected chi connectivity index (χ4v) is 5.19. The first-order valence-corrected chi connectivity index (χ1v) is 12.1. The van der Waals surface area contributed by atoms with Gasteiger partial charge in [-0.2, -0.15) is 0 Å². The van der Waals surface area contributed by atoms with Crippen LogP contribution in [0.2, 0.25) is 0 Å². The lowest BCUT2D eigenvalue weighted by Crippen LogP contribution is -2.32. The van der Waals surface area contributed by atoms with Gasteiger partial charge < -0.3 is 10.2 Å². The zero-order valence-electron chi connectivity index (χ0n) is 16.1. The average molecular weight is 432 g/mol. The van der Waals surface area contributed by atoms with E-state index in [0.717, 1.165) is 5.56 Å². The highest BCUT2D eigenvalue weighted by atomic mass is 32.2. The van der Waals surface area contributed by atoms with Crippen LogP contribution in [-0.4, -0.2) is 58.8 Å². The molecule has 152 valence electrons. The molecule has 2 atom stereocenters. The molecule has 29 heavy (non-hydrogen) atoms. The minimum atomic E-state index is -3.18. The van der Waals surface area contributed by atoms with E-state index in [1.807, 2.05) is 30.5 Å². The zero-order chi connectivity index (χ0) is 20.6. The number of nitrogens with zero attached hydrogens (tertiary/aromatic N) is 4. The SMILES string of the molecule is CC(Nc1nc(C(=O)N2CCC(S(C)(=O)=O)C2)c2sccc2n1)c1cccnc1. The van der Waals surface area contributed by atoms with Gasteiger partial charge in [0.1, 0.15) is 0 Å². The topological polar surface area (TPSA) is 105 Å². The van der Waals surface area contributed by atoms with Crippen LogP contribution >= 0.6 is 11.3 Å². The molecule has 1 N–H and O–H groups in total. The lowest BCUT2D eigenvalue weighted by Gasteiger charge is -2.18. The molecule has 10 heteroatoms. The van der Waals surface area contributed by atoms with Crippen molar-refractivity contribution in [1.82, 2.24) is 19.9 Å². The van der Waals surface area contributed by atoms with Gasteiger partial charge in [-0.15, -0.1) is 11.3 Å². The van der Waals surface area contributed by atoms with Crippen molar-refractivity contribution in [3.8, 4) is 0 Å². The summed E-state index contributed by atoms with van der Waals surface area (Å²) in [6, 6.07) is 5.57. The Morgan fingerprint density at radius 1 is 1.34 bits per heavy atom. The molecule has 8 nitrogen and oxygen atoms in total. The third-order valence-electron chi connectivity index (χ3n) is 5.07. The zero-order valence-corrected chi connectivity index (χ0v) is 17.7. The van der Waals surface area contributed by atoms with Crippen LogP contribution in [-0.2, 0) is 9.84 Å². The highest BCUT2D eigenvalue weighted by Crippen LogP contribution is 2.27. The molecular formula is C19H21N5O3S2. The molecule has 1 aliphatic rings. The number of aromatic nitrogens is 3. The number of anilines is 1. The first-order valence-electron chi connectivity index (χ1n) is 9.23. The number of hydrogen-bond donors (Lipinski definition) is 1. The largest absolute Gasteiger partial charge is 0.348 e. The van der Waals surface area contributed by atoms with Crippen molar-refractivity contribution >= 4 is 43.2 Å². The summed E-state index contributed by atoms with van der Waals surface area (Å²) < 4.78 is 24.4. The molecule has 0 bridgehead atoms. The molecule has 1 amide bonds. The summed E-state index contributed by atoms with van der Waals surface area (Å²) in [4.78, 5) is 27.9. The maximum absolute atomic E-state index is 13.1. The maximum atomic E-state index is 13.1. The molecule has 0 aliphatic carbocycles. The molecule has 2 unspecified atom stereocenters. The van der Waals surface area contributed by atoms with E-state index >= 15 is 0 Å². The second-order valence-corrected chi connectivity index (χ2v) is 10.4. The van der Waals surface area contributed by atoms with Crippen molar-refractivity contribution in [2.45, 2.75) is 24.6 Å². The number of pyridine rings is 1.